The number of hydrogen-bond donors (Lipinski definition) is 0. The first-order valence-electron chi connectivity index (χ1n) is 9.28. The van der Waals surface area contributed by atoms with Crippen LogP contribution in [-0.4, -0.2) is 0 Å². The van der Waals surface area contributed by atoms with Gasteiger partial charge in [-0.1, -0.05) is 61.8 Å². The van der Waals surface area contributed by atoms with Gasteiger partial charge < -0.3 is 0 Å². The van der Waals surface area contributed by atoms with Gasteiger partial charge in [0, 0.05) is 0 Å². The van der Waals surface area contributed by atoms with Gasteiger partial charge in [-0.2, -0.15) is 0 Å². The second-order valence-corrected chi connectivity index (χ2v) is 9.27. The summed E-state index contributed by atoms with van der Waals surface area (Å²) in [5, 5.41) is 0. The maximum absolute atomic E-state index is 2.68. The lowest BCUT2D eigenvalue weighted by atomic mass is 9.52. The summed E-state index contributed by atoms with van der Waals surface area (Å²) in [6, 6.07) is 0. The summed E-state index contributed by atoms with van der Waals surface area (Å²) in [7, 11) is 0. The summed E-state index contributed by atoms with van der Waals surface area (Å²) in [5.74, 6) is 9.92. The lowest BCUT2D eigenvalue weighted by Gasteiger charge is -2.53. The third-order valence-electron chi connectivity index (χ3n) is 8.50. The summed E-state index contributed by atoms with van der Waals surface area (Å²) in [4.78, 5) is 0. The first kappa shape index (κ1) is 14.9. The van der Waals surface area contributed by atoms with E-state index in [-0.39, 0.29) is 0 Å². The highest BCUT2D eigenvalue weighted by Crippen LogP contribution is 2.83. The van der Waals surface area contributed by atoms with Gasteiger partial charge in [0.2, 0.25) is 0 Å². The van der Waals surface area contributed by atoms with E-state index in [1.807, 2.05) is 0 Å². The molecule has 0 radical (unpaired) electrons. The molecular formula is C20H36. The topological polar surface area (TPSA) is 0 Å². The molecule has 0 N–H and O–H groups in total. The van der Waals surface area contributed by atoms with E-state index in [0.717, 1.165) is 59.2 Å². The lowest BCUT2D eigenvalue weighted by molar-refractivity contribution is -0.0566. The predicted molar refractivity (Wildman–Crippen MR) is 87.3 cm³/mol. The standard InChI is InChI=1S/C20H36/c1-9-15-13(6)17(15)20(8)18(16-14(7)19(16)20)12(5)11(4)10(2)3/h10-19H,9H2,1-8H3. The Morgan fingerprint density at radius 1 is 0.950 bits per heavy atom. The normalized spacial score (nSPS) is 56.0. The summed E-state index contributed by atoms with van der Waals surface area (Å²) in [5.41, 5.74) is 0.687. The molecule has 3 aliphatic rings. The van der Waals surface area contributed by atoms with Gasteiger partial charge in [0.15, 0.2) is 0 Å². The van der Waals surface area contributed by atoms with Crippen LogP contribution >= 0.6 is 0 Å². The highest BCUT2D eigenvalue weighted by molar-refractivity contribution is 5.26. The molecule has 10 atom stereocenters. The Labute approximate surface area is 127 Å². The van der Waals surface area contributed by atoms with Crippen molar-refractivity contribution < 1.29 is 0 Å². The monoisotopic (exact) mass is 276 g/mol. The SMILES string of the molecule is CCC1C(C)C1C1(C)C(C(C)C(C)C(C)C)C2C(C)C21. The van der Waals surface area contributed by atoms with Crippen molar-refractivity contribution in [1.29, 1.82) is 0 Å². The molecule has 0 aliphatic heterocycles. The number of rotatable bonds is 5. The average Bonchev–Trinajstić information content (AvgIpc) is 3.21. The van der Waals surface area contributed by atoms with Crippen molar-refractivity contribution in [1.82, 2.24) is 0 Å². The Morgan fingerprint density at radius 2 is 1.55 bits per heavy atom. The minimum Gasteiger partial charge on any atom is -0.0651 e. The van der Waals surface area contributed by atoms with Crippen LogP contribution in [-0.2, 0) is 0 Å². The third kappa shape index (κ3) is 1.66. The van der Waals surface area contributed by atoms with Crippen molar-refractivity contribution in [2.45, 2.75) is 61.8 Å². The first-order chi connectivity index (χ1) is 9.28. The molecule has 0 spiro atoms. The van der Waals surface area contributed by atoms with Crippen LogP contribution < -0.4 is 0 Å². The van der Waals surface area contributed by atoms with E-state index < -0.39 is 0 Å². The fourth-order valence-corrected chi connectivity index (χ4v) is 7.04. The highest BCUT2D eigenvalue weighted by Gasteiger charge is 2.79. The summed E-state index contributed by atoms with van der Waals surface area (Å²) in [6.07, 6.45) is 1.41. The van der Waals surface area contributed by atoms with Gasteiger partial charge in [0.1, 0.15) is 0 Å². The molecule has 0 aromatic rings. The molecule has 0 heterocycles. The van der Waals surface area contributed by atoms with E-state index in [1.165, 1.54) is 6.42 Å². The van der Waals surface area contributed by atoms with Crippen LogP contribution in [0.4, 0.5) is 0 Å². The van der Waals surface area contributed by atoms with Crippen LogP contribution in [0.3, 0.4) is 0 Å². The molecule has 0 nitrogen and oxygen atoms in total. The van der Waals surface area contributed by atoms with E-state index in [4.69, 9.17) is 0 Å². The van der Waals surface area contributed by atoms with E-state index in [0.29, 0.717) is 5.41 Å². The van der Waals surface area contributed by atoms with Gasteiger partial charge in [-0.25, -0.2) is 0 Å². The van der Waals surface area contributed by atoms with Gasteiger partial charge in [-0.15, -0.1) is 0 Å². The van der Waals surface area contributed by atoms with E-state index >= 15 is 0 Å². The third-order valence-corrected chi connectivity index (χ3v) is 8.50. The second-order valence-electron chi connectivity index (χ2n) is 9.27. The molecule has 0 aromatic carbocycles. The maximum Gasteiger partial charge on any atom is -0.0225 e. The zero-order valence-electron chi connectivity index (χ0n) is 15.0. The van der Waals surface area contributed by atoms with Crippen molar-refractivity contribution in [2.24, 2.45) is 64.6 Å². The van der Waals surface area contributed by atoms with Crippen molar-refractivity contribution in [3.05, 3.63) is 0 Å². The van der Waals surface area contributed by atoms with Gasteiger partial charge in [0.05, 0.1) is 0 Å². The Hall–Kier alpha value is 0. The van der Waals surface area contributed by atoms with Crippen molar-refractivity contribution in [3.63, 3.8) is 0 Å². The zero-order chi connectivity index (χ0) is 15.0. The predicted octanol–water partition coefficient (Wildman–Crippen LogP) is 5.72. The molecule has 20 heavy (non-hydrogen) atoms. The largest absolute Gasteiger partial charge is 0.0651 e. The van der Waals surface area contributed by atoms with E-state index in [9.17, 15) is 0 Å². The molecule has 116 valence electrons. The fraction of sp³-hybridized carbons (Fsp3) is 1.00. The molecular weight excluding hydrogens is 240 g/mol. The van der Waals surface area contributed by atoms with E-state index in [1.54, 1.807) is 0 Å². The van der Waals surface area contributed by atoms with Gasteiger partial charge in [-0.05, 0) is 64.6 Å². The lowest BCUT2D eigenvalue weighted by Crippen LogP contribution is -2.48. The summed E-state index contributed by atoms with van der Waals surface area (Å²) >= 11 is 0. The number of hydrogen-bond acceptors (Lipinski definition) is 0. The highest BCUT2D eigenvalue weighted by atomic mass is 14.8. The van der Waals surface area contributed by atoms with Crippen LogP contribution in [0.1, 0.15) is 61.8 Å². The van der Waals surface area contributed by atoms with Gasteiger partial charge in [0.25, 0.3) is 0 Å². The molecule has 0 bridgehead atoms. The molecule has 0 saturated heterocycles. The van der Waals surface area contributed by atoms with Crippen molar-refractivity contribution in [3.8, 4) is 0 Å². The van der Waals surface area contributed by atoms with Crippen LogP contribution in [0.25, 0.3) is 0 Å². The van der Waals surface area contributed by atoms with Crippen LogP contribution in [0.5, 0.6) is 0 Å². The van der Waals surface area contributed by atoms with Crippen molar-refractivity contribution in [2.75, 3.05) is 0 Å². The van der Waals surface area contributed by atoms with Crippen LogP contribution in [0.15, 0.2) is 0 Å². The van der Waals surface area contributed by atoms with Crippen LogP contribution in [0.2, 0.25) is 0 Å². The Kier molecular flexibility index (Phi) is 3.35. The molecule has 0 heteroatoms. The minimum atomic E-state index is 0.687. The van der Waals surface area contributed by atoms with Gasteiger partial charge in [-0.3, -0.25) is 0 Å². The Bertz CT molecular complexity index is 383. The molecule has 10 unspecified atom stereocenters. The molecule has 3 fully saturated rings. The second kappa shape index (κ2) is 4.50. The quantitative estimate of drug-likeness (QED) is 0.602. The Balaban J connectivity index is 1.81. The molecule has 0 amide bonds. The van der Waals surface area contributed by atoms with Crippen molar-refractivity contribution >= 4 is 0 Å². The summed E-state index contributed by atoms with van der Waals surface area (Å²) < 4.78 is 0. The smallest absolute Gasteiger partial charge is 0.0225 e. The Morgan fingerprint density at radius 3 is 2.00 bits per heavy atom. The average molecular weight is 277 g/mol. The molecule has 3 aliphatic carbocycles. The van der Waals surface area contributed by atoms with Gasteiger partial charge >= 0.3 is 0 Å². The summed E-state index contributed by atoms with van der Waals surface area (Å²) in [6.45, 7) is 20.1. The molecule has 3 rings (SSSR count). The van der Waals surface area contributed by atoms with Crippen LogP contribution in [0, 0.1) is 64.6 Å². The molecule has 3 saturated carbocycles. The van der Waals surface area contributed by atoms with E-state index in [2.05, 4.69) is 55.4 Å². The number of fused-ring (bicyclic) bond motifs is 1. The maximum atomic E-state index is 2.68. The molecule has 0 aromatic heterocycles. The minimum absolute atomic E-state index is 0.687. The fourth-order valence-electron chi connectivity index (χ4n) is 7.04. The zero-order valence-corrected chi connectivity index (χ0v) is 15.0. The first-order valence-corrected chi connectivity index (χ1v) is 9.28.